The van der Waals surface area contributed by atoms with Gasteiger partial charge in [-0.1, -0.05) is 6.07 Å². The third-order valence-electron chi connectivity index (χ3n) is 6.65. The van der Waals surface area contributed by atoms with Gasteiger partial charge >= 0.3 is 6.03 Å². The van der Waals surface area contributed by atoms with Crippen LogP contribution in [0.3, 0.4) is 0 Å². The van der Waals surface area contributed by atoms with Crippen LogP contribution in [0.15, 0.2) is 42.9 Å². The van der Waals surface area contributed by atoms with Gasteiger partial charge < -0.3 is 10.6 Å². The number of aromatic nitrogens is 2. The lowest BCUT2D eigenvalue weighted by Gasteiger charge is -2.56. The van der Waals surface area contributed by atoms with Crippen LogP contribution in [0.25, 0.3) is 11.3 Å². The Hall–Kier alpha value is -2.43. The molecular weight excluding hydrogens is 336 g/mol. The molecule has 4 fully saturated rings. The Morgan fingerprint density at radius 1 is 1.04 bits per heavy atom. The van der Waals surface area contributed by atoms with Crippen LogP contribution in [0.5, 0.6) is 0 Å². The molecule has 0 spiro atoms. The van der Waals surface area contributed by atoms with E-state index in [1.165, 1.54) is 38.5 Å². The second kappa shape index (κ2) is 6.63. The number of hydrogen-bond acceptors (Lipinski definition) is 3. The molecular formula is C22H26N4O. The highest BCUT2D eigenvalue weighted by Crippen LogP contribution is 2.55. The topological polar surface area (TPSA) is 66.9 Å². The molecule has 4 saturated carbocycles. The van der Waals surface area contributed by atoms with E-state index >= 15 is 0 Å². The number of pyridine rings is 2. The monoisotopic (exact) mass is 362 g/mol. The highest BCUT2D eigenvalue weighted by Gasteiger charge is 2.51. The van der Waals surface area contributed by atoms with Gasteiger partial charge in [0.15, 0.2) is 0 Å². The largest absolute Gasteiger partial charge is 0.334 e. The number of rotatable bonds is 4. The van der Waals surface area contributed by atoms with E-state index in [2.05, 4.69) is 20.6 Å². The number of amides is 2. The fourth-order valence-electron chi connectivity index (χ4n) is 5.95. The van der Waals surface area contributed by atoms with Crippen LogP contribution in [0.1, 0.15) is 44.1 Å². The summed E-state index contributed by atoms with van der Waals surface area (Å²) >= 11 is 0. The SMILES string of the molecule is O=C(NCc1ccc(-c2cccnc2)nc1)NC12CC3CC(CC(C3)C1)C2. The van der Waals surface area contributed by atoms with Gasteiger partial charge in [0.05, 0.1) is 5.69 Å². The molecule has 6 rings (SSSR count). The molecule has 0 saturated heterocycles. The number of carbonyl (C=O) groups excluding carboxylic acids is 1. The van der Waals surface area contributed by atoms with E-state index in [-0.39, 0.29) is 11.6 Å². The van der Waals surface area contributed by atoms with Gasteiger partial charge in [-0.05, 0) is 80.0 Å². The third kappa shape index (κ3) is 3.43. The van der Waals surface area contributed by atoms with Crippen molar-refractivity contribution in [3.63, 3.8) is 0 Å². The lowest BCUT2D eigenvalue weighted by Crippen LogP contribution is -2.61. The number of carbonyl (C=O) groups is 1. The van der Waals surface area contributed by atoms with Crippen LogP contribution < -0.4 is 10.6 Å². The Morgan fingerprint density at radius 3 is 2.37 bits per heavy atom. The van der Waals surface area contributed by atoms with Gasteiger partial charge in [-0.15, -0.1) is 0 Å². The molecule has 2 aromatic rings. The van der Waals surface area contributed by atoms with Crippen molar-refractivity contribution in [2.24, 2.45) is 17.8 Å². The van der Waals surface area contributed by atoms with E-state index in [4.69, 9.17) is 0 Å². The van der Waals surface area contributed by atoms with Crippen molar-refractivity contribution in [3.8, 4) is 11.3 Å². The van der Waals surface area contributed by atoms with Gasteiger partial charge in [-0.2, -0.15) is 0 Å². The molecule has 0 aromatic carbocycles. The summed E-state index contributed by atoms with van der Waals surface area (Å²) in [5.41, 5.74) is 2.95. The summed E-state index contributed by atoms with van der Waals surface area (Å²) in [5.74, 6) is 2.50. The lowest BCUT2D eigenvalue weighted by atomic mass is 9.53. The number of urea groups is 1. The third-order valence-corrected chi connectivity index (χ3v) is 6.65. The summed E-state index contributed by atoms with van der Waals surface area (Å²) in [4.78, 5) is 21.2. The summed E-state index contributed by atoms with van der Waals surface area (Å²) in [6.07, 6.45) is 13.1. The van der Waals surface area contributed by atoms with Crippen LogP contribution in [-0.4, -0.2) is 21.5 Å². The van der Waals surface area contributed by atoms with Crippen LogP contribution in [-0.2, 0) is 6.54 Å². The lowest BCUT2D eigenvalue weighted by molar-refractivity contribution is -0.0135. The fraction of sp³-hybridized carbons (Fsp3) is 0.500. The minimum atomic E-state index is -0.0340. The Morgan fingerprint density at radius 2 is 1.78 bits per heavy atom. The first kappa shape index (κ1) is 16.7. The molecule has 0 unspecified atom stereocenters. The molecule has 4 aliphatic rings. The Labute approximate surface area is 160 Å². The summed E-state index contributed by atoms with van der Waals surface area (Å²) in [7, 11) is 0. The molecule has 27 heavy (non-hydrogen) atoms. The van der Waals surface area contributed by atoms with E-state index in [9.17, 15) is 4.79 Å². The van der Waals surface area contributed by atoms with Crippen LogP contribution >= 0.6 is 0 Å². The van der Waals surface area contributed by atoms with E-state index in [1.54, 1.807) is 12.4 Å². The van der Waals surface area contributed by atoms with Gasteiger partial charge in [-0.3, -0.25) is 9.97 Å². The van der Waals surface area contributed by atoms with Gasteiger partial charge in [0.2, 0.25) is 0 Å². The zero-order chi connectivity index (χ0) is 18.3. The fourth-order valence-corrected chi connectivity index (χ4v) is 5.95. The molecule has 2 N–H and O–H groups in total. The van der Waals surface area contributed by atoms with E-state index < -0.39 is 0 Å². The van der Waals surface area contributed by atoms with E-state index in [1.807, 2.05) is 30.5 Å². The summed E-state index contributed by atoms with van der Waals surface area (Å²) < 4.78 is 0. The predicted molar refractivity (Wildman–Crippen MR) is 104 cm³/mol. The Kier molecular flexibility index (Phi) is 4.10. The summed E-state index contributed by atoms with van der Waals surface area (Å²) in [6.45, 7) is 0.499. The van der Waals surface area contributed by atoms with Crippen molar-refractivity contribution in [2.45, 2.75) is 50.6 Å². The van der Waals surface area contributed by atoms with Crippen molar-refractivity contribution in [2.75, 3.05) is 0 Å². The average molecular weight is 362 g/mol. The molecule has 2 heterocycles. The smallest absolute Gasteiger partial charge is 0.315 e. The quantitative estimate of drug-likeness (QED) is 0.866. The maximum absolute atomic E-state index is 12.5. The molecule has 0 aliphatic heterocycles. The van der Waals surface area contributed by atoms with Crippen LogP contribution in [0.2, 0.25) is 0 Å². The van der Waals surface area contributed by atoms with E-state index in [0.717, 1.165) is 34.6 Å². The molecule has 2 amide bonds. The first-order valence-corrected chi connectivity index (χ1v) is 10.1. The molecule has 4 bridgehead atoms. The van der Waals surface area contributed by atoms with Crippen molar-refractivity contribution in [3.05, 3.63) is 48.4 Å². The minimum absolute atomic E-state index is 0.0340. The number of nitrogens with one attached hydrogen (secondary N) is 2. The highest BCUT2D eigenvalue weighted by atomic mass is 16.2. The second-order valence-electron chi connectivity index (χ2n) is 8.80. The Balaban J connectivity index is 1.18. The summed E-state index contributed by atoms with van der Waals surface area (Å²) in [6, 6.07) is 7.85. The van der Waals surface area contributed by atoms with Crippen molar-refractivity contribution < 1.29 is 4.79 Å². The maximum Gasteiger partial charge on any atom is 0.315 e. The molecule has 140 valence electrons. The zero-order valence-electron chi connectivity index (χ0n) is 15.5. The molecule has 2 aromatic heterocycles. The average Bonchev–Trinajstić information content (AvgIpc) is 2.66. The van der Waals surface area contributed by atoms with Gasteiger partial charge in [0.1, 0.15) is 0 Å². The van der Waals surface area contributed by atoms with E-state index in [0.29, 0.717) is 6.54 Å². The Bertz CT molecular complexity index is 783. The molecule has 0 radical (unpaired) electrons. The highest BCUT2D eigenvalue weighted by molar-refractivity contribution is 5.75. The minimum Gasteiger partial charge on any atom is -0.334 e. The molecule has 0 atom stereocenters. The number of hydrogen-bond donors (Lipinski definition) is 2. The second-order valence-corrected chi connectivity index (χ2v) is 8.80. The maximum atomic E-state index is 12.5. The molecule has 5 heteroatoms. The van der Waals surface area contributed by atoms with Crippen molar-refractivity contribution >= 4 is 6.03 Å². The van der Waals surface area contributed by atoms with Gasteiger partial charge in [0, 0.05) is 36.2 Å². The van der Waals surface area contributed by atoms with Crippen molar-refractivity contribution in [1.82, 2.24) is 20.6 Å². The standard InChI is InChI=1S/C22H26N4O/c27-21(26-22-9-16-6-17(10-22)8-18(7-16)11-22)25-13-15-3-4-20(24-12-15)19-2-1-5-23-14-19/h1-5,12,14,16-18H,6-11,13H2,(H2,25,26,27). The van der Waals surface area contributed by atoms with Gasteiger partial charge in [0.25, 0.3) is 0 Å². The number of nitrogens with zero attached hydrogens (tertiary/aromatic N) is 2. The predicted octanol–water partition coefficient (Wildman–Crippen LogP) is 3.91. The van der Waals surface area contributed by atoms with Crippen LogP contribution in [0.4, 0.5) is 4.79 Å². The first-order valence-electron chi connectivity index (χ1n) is 10.1. The molecule has 5 nitrogen and oxygen atoms in total. The summed E-state index contributed by atoms with van der Waals surface area (Å²) in [5, 5.41) is 6.38. The van der Waals surface area contributed by atoms with Crippen molar-refractivity contribution in [1.29, 1.82) is 0 Å². The van der Waals surface area contributed by atoms with Gasteiger partial charge in [-0.25, -0.2) is 4.79 Å². The normalized spacial score (nSPS) is 30.9. The van der Waals surface area contributed by atoms with Crippen LogP contribution in [0, 0.1) is 17.8 Å². The molecule has 4 aliphatic carbocycles. The zero-order valence-corrected chi connectivity index (χ0v) is 15.5. The first-order chi connectivity index (χ1) is 13.2.